The summed E-state index contributed by atoms with van der Waals surface area (Å²) in [5.41, 5.74) is 0.903. The molecule has 0 radical (unpaired) electrons. The Bertz CT molecular complexity index is 960. The molecule has 1 N–H and O–H groups in total. The Morgan fingerprint density at radius 1 is 1.15 bits per heavy atom. The average Bonchev–Trinajstić information content (AvgIpc) is 3.01. The molecule has 0 aromatic heterocycles. The van der Waals surface area contributed by atoms with Crippen LogP contribution >= 0.6 is 0 Å². The minimum Gasteiger partial charge on any atom is -0.452 e. The first kappa shape index (κ1) is 18.8. The number of carbonyl (C=O) groups excluding carboxylic acids is 2. The van der Waals surface area contributed by atoms with Gasteiger partial charge in [-0.15, -0.1) is 0 Å². The standard InChI is InChI=1S/C18H17FN2O5S/c19-14-5-7-15(8-6-14)20-17(22)12-26-18(23)13-3-1-4-16(11-13)21-9-2-10-27(21,24)25/h1,3-8,11H,2,9-10,12H2,(H,20,22). The first-order valence-corrected chi connectivity index (χ1v) is 9.79. The number of hydrogen-bond donors (Lipinski definition) is 1. The third-order valence-corrected chi connectivity index (χ3v) is 5.80. The number of sulfonamides is 1. The summed E-state index contributed by atoms with van der Waals surface area (Å²) in [6, 6.07) is 11.2. The molecule has 3 rings (SSSR count). The van der Waals surface area contributed by atoms with E-state index in [-0.39, 0.29) is 11.3 Å². The summed E-state index contributed by atoms with van der Waals surface area (Å²) in [7, 11) is -3.36. The number of esters is 1. The van der Waals surface area contributed by atoms with Crippen molar-refractivity contribution in [3.8, 4) is 0 Å². The van der Waals surface area contributed by atoms with Gasteiger partial charge in [0.15, 0.2) is 6.61 Å². The molecule has 0 saturated carbocycles. The summed E-state index contributed by atoms with van der Waals surface area (Å²) < 4.78 is 43.0. The lowest BCUT2D eigenvalue weighted by Crippen LogP contribution is -2.25. The second-order valence-corrected chi connectivity index (χ2v) is 7.94. The van der Waals surface area contributed by atoms with Crippen LogP contribution in [-0.2, 0) is 19.6 Å². The van der Waals surface area contributed by atoms with Crippen molar-refractivity contribution in [2.24, 2.45) is 0 Å². The summed E-state index contributed by atoms with van der Waals surface area (Å²) in [5, 5.41) is 2.47. The summed E-state index contributed by atoms with van der Waals surface area (Å²) in [5.74, 6) is -1.68. The number of ether oxygens (including phenoxy) is 1. The Morgan fingerprint density at radius 3 is 2.56 bits per heavy atom. The van der Waals surface area contributed by atoms with Crippen LogP contribution < -0.4 is 9.62 Å². The van der Waals surface area contributed by atoms with Crippen LogP contribution in [0, 0.1) is 5.82 Å². The summed E-state index contributed by atoms with van der Waals surface area (Å²) in [6.45, 7) is -0.163. The number of halogens is 1. The first-order chi connectivity index (χ1) is 12.8. The van der Waals surface area contributed by atoms with E-state index in [0.29, 0.717) is 24.3 Å². The molecule has 0 unspecified atom stereocenters. The van der Waals surface area contributed by atoms with E-state index in [2.05, 4.69) is 5.32 Å². The molecule has 1 fully saturated rings. The fraction of sp³-hybridized carbons (Fsp3) is 0.222. The fourth-order valence-corrected chi connectivity index (χ4v) is 4.22. The Balaban J connectivity index is 1.60. The molecule has 1 heterocycles. The molecule has 142 valence electrons. The molecule has 0 atom stereocenters. The van der Waals surface area contributed by atoms with Crippen LogP contribution in [0.2, 0.25) is 0 Å². The summed E-state index contributed by atoms with van der Waals surface area (Å²) in [4.78, 5) is 24.0. The zero-order chi connectivity index (χ0) is 19.4. The Morgan fingerprint density at radius 2 is 1.89 bits per heavy atom. The molecular formula is C18H17FN2O5S. The highest BCUT2D eigenvalue weighted by Gasteiger charge is 2.28. The number of benzene rings is 2. The van der Waals surface area contributed by atoms with Crippen LogP contribution in [-0.4, -0.2) is 39.2 Å². The number of nitrogens with zero attached hydrogens (tertiary/aromatic N) is 1. The number of hydrogen-bond acceptors (Lipinski definition) is 5. The van der Waals surface area contributed by atoms with Gasteiger partial charge in [0.05, 0.1) is 17.0 Å². The van der Waals surface area contributed by atoms with E-state index in [9.17, 15) is 22.4 Å². The average molecular weight is 392 g/mol. The smallest absolute Gasteiger partial charge is 0.338 e. The van der Waals surface area contributed by atoms with Crippen molar-refractivity contribution in [2.75, 3.05) is 28.5 Å². The maximum absolute atomic E-state index is 12.8. The molecular weight excluding hydrogens is 375 g/mol. The number of nitrogens with one attached hydrogen (secondary N) is 1. The van der Waals surface area contributed by atoms with Crippen molar-refractivity contribution in [2.45, 2.75) is 6.42 Å². The third-order valence-electron chi connectivity index (χ3n) is 3.93. The van der Waals surface area contributed by atoms with Gasteiger partial charge in [0, 0.05) is 12.2 Å². The van der Waals surface area contributed by atoms with Crippen LogP contribution in [0.15, 0.2) is 48.5 Å². The largest absolute Gasteiger partial charge is 0.452 e. The molecule has 1 aliphatic heterocycles. The van der Waals surface area contributed by atoms with Crippen molar-refractivity contribution in [1.29, 1.82) is 0 Å². The van der Waals surface area contributed by atoms with Crippen LogP contribution in [0.1, 0.15) is 16.8 Å². The van der Waals surface area contributed by atoms with Crippen molar-refractivity contribution in [3.05, 3.63) is 59.9 Å². The predicted molar refractivity (Wildman–Crippen MR) is 97.5 cm³/mol. The lowest BCUT2D eigenvalue weighted by Gasteiger charge is -2.17. The number of carbonyl (C=O) groups is 2. The van der Waals surface area contributed by atoms with E-state index < -0.39 is 34.3 Å². The maximum Gasteiger partial charge on any atom is 0.338 e. The quantitative estimate of drug-likeness (QED) is 0.787. The van der Waals surface area contributed by atoms with Crippen molar-refractivity contribution < 1.29 is 27.1 Å². The summed E-state index contributed by atoms with van der Waals surface area (Å²) >= 11 is 0. The zero-order valence-electron chi connectivity index (χ0n) is 14.2. The van der Waals surface area contributed by atoms with Gasteiger partial charge in [-0.3, -0.25) is 9.10 Å². The Kier molecular flexibility index (Phi) is 5.41. The lowest BCUT2D eigenvalue weighted by atomic mass is 10.2. The normalized spacial score (nSPS) is 15.4. The Hall–Kier alpha value is -2.94. The monoisotopic (exact) mass is 392 g/mol. The minimum absolute atomic E-state index is 0.0746. The number of anilines is 2. The second-order valence-electron chi connectivity index (χ2n) is 5.92. The first-order valence-electron chi connectivity index (χ1n) is 8.18. The van der Waals surface area contributed by atoms with Crippen molar-refractivity contribution >= 4 is 33.3 Å². The van der Waals surface area contributed by atoms with Crippen molar-refractivity contribution in [3.63, 3.8) is 0 Å². The van der Waals surface area contributed by atoms with Gasteiger partial charge < -0.3 is 10.1 Å². The molecule has 0 spiro atoms. The maximum atomic E-state index is 12.8. The predicted octanol–water partition coefficient (Wildman–Crippen LogP) is 2.16. The number of rotatable bonds is 5. The van der Waals surface area contributed by atoms with Crippen LogP contribution in [0.25, 0.3) is 0 Å². The summed E-state index contributed by atoms with van der Waals surface area (Å²) in [6.07, 6.45) is 0.528. The van der Waals surface area contributed by atoms with Gasteiger partial charge in [0.2, 0.25) is 10.0 Å². The van der Waals surface area contributed by atoms with E-state index in [1.165, 1.54) is 40.7 Å². The zero-order valence-corrected chi connectivity index (χ0v) is 15.0. The molecule has 0 aliphatic carbocycles. The van der Waals surface area contributed by atoms with Gasteiger partial charge in [0.1, 0.15) is 5.82 Å². The van der Waals surface area contributed by atoms with Gasteiger partial charge in [-0.25, -0.2) is 17.6 Å². The fourth-order valence-electron chi connectivity index (χ4n) is 2.66. The minimum atomic E-state index is -3.36. The van der Waals surface area contributed by atoms with Crippen LogP contribution in [0.4, 0.5) is 15.8 Å². The molecule has 1 aliphatic rings. The van der Waals surface area contributed by atoms with E-state index in [0.717, 1.165) is 0 Å². The topological polar surface area (TPSA) is 92.8 Å². The van der Waals surface area contributed by atoms with E-state index >= 15 is 0 Å². The van der Waals surface area contributed by atoms with Gasteiger partial charge in [-0.2, -0.15) is 0 Å². The van der Waals surface area contributed by atoms with E-state index in [4.69, 9.17) is 4.74 Å². The lowest BCUT2D eigenvalue weighted by molar-refractivity contribution is -0.119. The van der Waals surface area contributed by atoms with Gasteiger partial charge in [-0.1, -0.05) is 6.07 Å². The molecule has 0 bridgehead atoms. The Labute approximate surface area is 155 Å². The molecule has 7 nitrogen and oxygen atoms in total. The highest BCUT2D eigenvalue weighted by atomic mass is 32.2. The van der Waals surface area contributed by atoms with E-state index in [1.807, 2.05) is 0 Å². The van der Waals surface area contributed by atoms with Gasteiger partial charge in [-0.05, 0) is 48.9 Å². The van der Waals surface area contributed by atoms with Crippen LogP contribution in [0.3, 0.4) is 0 Å². The highest BCUT2D eigenvalue weighted by Crippen LogP contribution is 2.25. The SMILES string of the molecule is O=C(COC(=O)c1cccc(N2CCCS2(=O)=O)c1)Nc1ccc(F)cc1. The third kappa shape index (κ3) is 4.62. The molecule has 1 saturated heterocycles. The van der Waals surface area contributed by atoms with Crippen LogP contribution in [0.5, 0.6) is 0 Å². The molecule has 9 heteroatoms. The highest BCUT2D eigenvalue weighted by molar-refractivity contribution is 7.93. The van der Waals surface area contributed by atoms with Crippen molar-refractivity contribution in [1.82, 2.24) is 0 Å². The molecule has 27 heavy (non-hydrogen) atoms. The van der Waals surface area contributed by atoms with Gasteiger partial charge in [0.25, 0.3) is 5.91 Å². The van der Waals surface area contributed by atoms with E-state index in [1.54, 1.807) is 12.1 Å². The molecule has 2 aromatic carbocycles. The van der Waals surface area contributed by atoms with Gasteiger partial charge >= 0.3 is 5.97 Å². The second kappa shape index (κ2) is 7.75. The molecule has 2 aromatic rings. The number of amides is 1. The molecule has 1 amide bonds.